The molecule has 132 valence electrons. The zero-order chi connectivity index (χ0) is 17.5. The molecule has 1 saturated heterocycles. The highest BCUT2D eigenvalue weighted by atomic mass is 19.1. The van der Waals surface area contributed by atoms with Gasteiger partial charge in [-0.25, -0.2) is 4.39 Å². The number of esters is 1. The molecule has 0 radical (unpaired) electrons. The van der Waals surface area contributed by atoms with E-state index in [1.807, 2.05) is 11.8 Å². The average molecular weight is 336 g/mol. The molecule has 1 heterocycles. The lowest BCUT2D eigenvalue weighted by molar-refractivity contribution is -0.151. The Labute approximate surface area is 142 Å². The molecule has 1 fully saturated rings. The number of nitrogens with zero attached hydrogens (tertiary/aromatic N) is 1. The molecule has 0 spiro atoms. The number of nitrogens with one attached hydrogen (secondary N) is 1. The van der Waals surface area contributed by atoms with E-state index in [1.54, 1.807) is 25.1 Å². The number of likely N-dealkylation sites (tertiary alicyclic amines) is 1. The molecule has 5 nitrogen and oxygen atoms in total. The lowest BCUT2D eigenvalue weighted by atomic mass is 9.97. The maximum atomic E-state index is 13.6. The van der Waals surface area contributed by atoms with E-state index in [9.17, 15) is 14.0 Å². The largest absolute Gasteiger partial charge is 0.466 e. The molecule has 0 aliphatic carbocycles. The Bertz CT molecular complexity index is 579. The third kappa shape index (κ3) is 4.77. The molecule has 1 aromatic carbocycles. The summed E-state index contributed by atoms with van der Waals surface area (Å²) >= 11 is 0. The molecule has 0 bridgehead atoms. The van der Waals surface area contributed by atoms with Crippen molar-refractivity contribution in [2.75, 3.05) is 19.7 Å². The van der Waals surface area contributed by atoms with Crippen LogP contribution in [0.15, 0.2) is 24.3 Å². The highest BCUT2D eigenvalue weighted by Crippen LogP contribution is 2.20. The highest BCUT2D eigenvalue weighted by molar-refractivity contribution is 5.81. The van der Waals surface area contributed by atoms with E-state index in [0.29, 0.717) is 18.7 Å². The molecule has 1 N–H and O–H groups in total. The molecule has 1 aliphatic rings. The van der Waals surface area contributed by atoms with Crippen LogP contribution < -0.4 is 5.32 Å². The van der Waals surface area contributed by atoms with E-state index >= 15 is 0 Å². The normalized spacial score (nSPS) is 19.5. The number of hydrogen-bond donors (Lipinski definition) is 1. The smallest absolute Gasteiger partial charge is 0.310 e. The van der Waals surface area contributed by atoms with Gasteiger partial charge in [0.1, 0.15) is 5.82 Å². The molecule has 2 atom stereocenters. The lowest BCUT2D eigenvalue weighted by Gasteiger charge is -2.35. The second kappa shape index (κ2) is 8.78. The van der Waals surface area contributed by atoms with Gasteiger partial charge in [-0.3, -0.25) is 14.5 Å². The second-order valence-corrected chi connectivity index (χ2v) is 6.07. The predicted molar refractivity (Wildman–Crippen MR) is 88.6 cm³/mol. The van der Waals surface area contributed by atoms with Gasteiger partial charge in [0.05, 0.1) is 18.6 Å². The van der Waals surface area contributed by atoms with Crippen LogP contribution in [0.3, 0.4) is 0 Å². The second-order valence-electron chi connectivity index (χ2n) is 6.07. The Hall–Kier alpha value is -1.95. The van der Waals surface area contributed by atoms with E-state index in [4.69, 9.17) is 4.74 Å². The van der Waals surface area contributed by atoms with E-state index < -0.39 is 0 Å². The van der Waals surface area contributed by atoms with Crippen molar-refractivity contribution >= 4 is 11.9 Å². The number of carbonyl (C=O) groups excluding carboxylic acids is 2. The SMILES string of the molecule is CCOC(=O)C1CCCN(C(C)C(=O)NCc2ccccc2F)C1. The van der Waals surface area contributed by atoms with Crippen LogP contribution in [0.4, 0.5) is 4.39 Å². The van der Waals surface area contributed by atoms with Crippen LogP contribution in [0, 0.1) is 11.7 Å². The molecule has 2 rings (SSSR count). The van der Waals surface area contributed by atoms with Crippen LogP contribution in [-0.4, -0.2) is 42.5 Å². The first-order valence-corrected chi connectivity index (χ1v) is 8.44. The summed E-state index contributed by atoms with van der Waals surface area (Å²) < 4.78 is 18.7. The van der Waals surface area contributed by atoms with E-state index in [-0.39, 0.29) is 36.2 Å². The number of piperidine rings is 1. The standard InChI is InChI=1S/C18H25FN2O3/c1-3-24-18(23)15-8-6-10-21(12-15)13(2)17(22)20-11-14-7-4-5-9-16(14)19/h4-5,7,9,13,15H,3,6,8,10-12H2,1-2H3,(H,20,22). The maximum absolute atomic E-state index is 13.6. The van der Waals surface area contributed by atoms with Gasteiger partial charge in [-0.2, -0.15) is 0 Å². The summed E-state index contributed by atoms with van der Waals surface area (Å²) in [5.41, 5.74) is 0.459. The molecule has 1 aromatic rings. The van der Waals surface area contributed by atoms with Gasteiger partial charge >= 0.3 is 5.97 Å². The van der Waals surface area contributed by atoms with E-state index in [2.05, 4.69) is 5.32 Å². The third-order valence-electron chi connectivity index (χ3n) is 4.41. The van der Waals surface area contributed by atoms with Gasteiger partial charge in [-0.1, -0.05) is 18.2 Å². The molecule has 0 aromatic heterocycles. The first-order valence-electron chi connectivity index (χ1n) is 8.44. The molecule has 24 heavy (non-hydrogen) atoms. The molecular formula is C18H25FN2O3. The highest BCUT2D eigenvalue weighted by Gasteiger charge is 2.31. The van der Waals surface area contributed by atoms with Crippen LogP contribution in [0.5, 0.6) is 0 Å². The summed E-state index contributed by atoms with van der Waals surface area (Å²) in [6, 6.07) is 6.01. The topological polar surface area (TPSA) is 58.6 Å². The molecule has 2 unspecified atom stereocenters. The van der Waals surface area contributed by atoms with Gasteiger partial charge in [-0.15, -0.1) is 0 Å². The Morgan fingerprint density at radius 2 is 2.17 bits per heavy atom. The van der Waals surface area contributed by atoms with Crippen LogP contribution >= 0.6 is 0 Å². The van der Waals surface area contributed by atoms with Gasteiger partial charge in [0, 0.05) is 18.7 Å². The number of amides is 1. The van der Waals surface area contributed by atoms with Crippen molar-refractivity contribution in [3.8, 4) is 0 Å². The number of halogens is 1. The van der Waals surface area contributed by atoms with E-state index in [0.717, 1.165) is 19.4 Å². The Kier molecular flexibility index (Phi) is 6.73. The van der Waals surface area contributed by atoms with Crippen molar-refractivity contribution in [2.45, 2.75) is 39.3 Å². The van der Waals surface area contributed by atoms with Crippen LogP contribution in [-0.2, 0) is 20.9 Å². The fourth-order valence-electron chi connectivity index (χ4n) is 2.95. The lowest BCUT2D eigenvalue weighted by Crippen LogP contribution is -2.50. The summed E-state index contributed by atoms with van der Waals surface area (Å²) in [6.07, 6.45) is 1.65. The first-order chi connectivity index (χ1) is 11.5. The fourth-order valence-corrected chi connectivity index (χ4v) is 2.95. The summed E-state index contributed by atoms with van der Waals surface area (Å²) in [5.74, 6) is -0.866. The molecule has 6 heteroatoms. The number of benzene rings is 1. The minimum Gasteiger partial charge on any atom is -0.466 e. The Morgan fingerprint density at radius 1 is 1.42 bits per heavy atom. The third-order valence-corrected chi connectivity index (χ3v) is 4.41. The maximum Gasteiger partial charge on any atom is 0.310 e. The number of hydrogen-bond acceptors (Lipinski definition) is 4. The van der Waals surface area contributed by atoms with Crippen LogP contribution in [0.2, 0.25) is 0 Å². The Balaban J connectivity index is 1.88. The van der Waals surface area contributed by atoms with Crippen molar-refractivity contribution in [1.29, 1.82) is 0 Å². The van der Waals surface area contributed by atoms with Gasteiger partial charge in [0.2, 0.25) is 5.91 Å². The monoisotopic (exact) mass is 336 g/mol. The molecular weight excluding hydrogens is 311 g/mol. The van der Waals surface area contributed by atoms with E-state index in [1.165, 1.54) is 6.07 Å². The van der Waals surface area contributed by atoms with Crippen molar-refractivity contribution in [2.24, 2.45) is 5.92 Å². The van der Waals surface area contributed by atoms with Gasteiger partial charge in [0.25, 0.3) is 0 Å². The molecule has 1 amide bonds. The first kappa shape index (κ1) is 18.4. The zero-order valence-corrected chi connectivity index (χ0v) is 14.3. The van der Waals surface area contributed by atoms with Crippen LogP contribution in [0.25, 0.3) is 0 Å². The number of ether oxygens (including phenoxy) is 1. The number of carbonyl (C=O) groups is 2. The van der Waals surface area contributed by atoms with Crippen molar-refractivity contribution < 1.29 is 18.7 Å². The summed E-state index contributed by atoms with van der Waals surface area (Å²) in [6.45, 7) is 5.41. The van der Waals surface area contributed by atoms with Crippen LogP contribution in [0.1, 0.15) is 32.3 Å². The predicted octanol–water partition coefficient (Wildman–Crippen LogP) is 2.11. The van der Waals surface area contributed by atoms with Gasteiger partial charge in [0.15, 0.2) is 0 Å². The molecule has 0 saturated carbocycles. The fraction of sp³-hybridized carbons (Fsp3) is 0.556. The molecule has 1 aliphatic heterocycles. The minimum absolute atomic E-state index is 0.158. The van der Waals surface area contributed by atoms with Crippen molar-refractivity contribution in [3.63, 3.8) is 0 Å². The summed E-state index contributed by atoms with van der Waals surface area (Å²) in [4.78, 5) is 26.2. The summed E-state index contributed by atoms with van der Waals surface area (Å²) in [5, 5.41) is 2.77. The van der Waals surface area contributed by atoms with Crippen molar-refractivity contribution in [3.05, 3.63) is 35.6 Å². The summed E-state index contributed by atoms with van der Waals surface area (Å²) in [7, 11) is 0. The zero-order valence-electron chi connectivity index (χ0n) is 14.3. The van der Waals surface area contributed by atoms with Gasteiger partial charge in [-0.05, 0) is 39.3 Å². The Morgan fingerprint density at radius 3 is 2.88 bits per heavy atom. The van der Waals surface area contributed by atoms with Crippen molar-refractivity contribution in [1.82, 2.24) is 10.2 Å². The quantitative estimate of drug-likeness (QED) is 0.809. The minimum atomic E-state index is -0.367. The number of rotatable bonds is 6. The van der Waals surface area contributed by atoms with Gasteiger partial charge < -0.3 is 10.1 Å². The average Bonchev–Trinajstić information content (AvgIpc) is 2.60.